The van der Waals surface area contributed by atoms with Crippen LogP contribution >= 0.6 is 27.5 Å². The number of H-pyrrole nitrogens is 1. The van der Waals surface area contributed by atoms with Gasteiger partial charge in [-0.3, -0.25) is 0 Å². The number of hydrogen-bond donors (Lipinski definition) is 1. The van der Waals surface area contributed by atoms with E-state index in [0.717, 1.165) is 16.6 Å². The van der Waals surface area contributed by atoms with Crippen LogP contribution in [0.25, 0.3) is 22.3 Å². The summed E-state index contributed by atoms with van der Waals surface area (Å²) in [6, 6.07) is 10.0. The fourth-order valence-electron chi connectivity index (χ4n) is 1.73. The van der Waals surface area contributed by atoms with Crippen molar-refractivity contribution in [3.8, 4) is 11.4 Å². The number of fused-ring (bicyclic) bond motifs is 1. The summed E-state index contributed by atoms with van der Waals surface area (Å²) in [6.45, 7) is 0. The van der Waals surface area contributed by atoms with E-state index < -0.39 is 0 Å². The summed E-state index contributed by atoms with van der Waals surface area (Å²) < 4.78 is 0.627. The van der Waals surface area contributed by atoms with E-state index in [9.17, 15) is 0 Å². The Morgan fingerprint density at radius 3 is 2.82 bits per heavy atom. The summed E-state index contributed by atoms with van der Waals surface area (Å²) in [4.78, 5) is 11.7. The molecule has 0 radical (unpaired) electrons. The molecule has 5 heteroatoms. The minimum Gasteiger partial charge on any atom is -0.353 e. The average molecular weight is 309 g/mol. The second-order valence-electron chi connectivity index (χ2n) is 3.60. The number of rotatable bonds is 1. The third kappa shape index (κ3) is 1.94. The first-order valence-electron chi connectivity index (χ1n) is 5.00. The maximum atomic E-state index is 6.07. The zero-order chi connectivity index (χ0) is 11.8. The Morgan fingerprint density at radius 1 is 1.24 bits per heavy atom. The Labute approximate surface area is 111 Å². The Balaban J connectivity index is 2.20. The molecule has 3 aromatic rings. The molecule has 0 bridgehead atoms. The van der Waals surface area contributed by atoms with Crippen molar-refractivity contribution in [3.05, 3.63) is 46.3 Å². The highest BCUT2D eigenvalue weighted by atomic mass is 79.9. The number of aromatic nitrogens is 3. The Hall–Kier alpha value is -1.39. The minimum absolute atomic E-state index is 0.380. The van der Waals surface area contributed by atoms with Gasteiger partial charge in [0.15, 0.2) is 5.15 Å². The first-order valence-corrected chi connectivity index (χ1v) is 6.17. The lowest BCUT2D eigenvalue weighted by atomic mass is 10.2. The van der Waals surface area contributed by atoms with E-state index in [1.54, 1.807) is 6.20 Å². The summed E-state index contributed by atoms with van der Waals surface area (Å²) in [5, 5.41) is 1.51. The van der Waals surface area contributed by atoms with Crippen LogP contribution in [0.4, 0.5) is 0 Å². The number of hydrogen-bond acceptors (Lipinski definition) is 2. The van der Waals surface area contributed by atoms with E-state index in [0.29, 0.717) is 15.5 Å². The molecule has 3 nitrogen and oxygen atoms in total. The quantitative estimate of drug-likeness (QED) is 0.737. The normalized spacial score (nSPS) is 10.9. The molecule has 0 saturated carbocycles. The van der Waals surface area contributed by atoms with E-state index >= 15 is 0 Å². The van der Waals surface area contributed by atoms with Gasteiger partial charge in [0.25, 0.3) is 0 Å². The zero-order valence-electron chi connectivity index (χ0n) is 8.61. The van der Waals surface area contributed by atoms with Crippen molar-refractivity contribution in [2.24, 2.45) is 0 Å². The molecule has 1 aromatic carbocycles. The molecule has 17 heavy (non-hydrogen) atoms. The molecule has 0 unspecified atom stereocenters. The molecule has 0 fully saturated rings. The summed E-state index contributed by atoms with van der Waals surface area (Å²) in [5.41, 5.74) is 2.59. The topological polar surface area (TPSA) is 41.6 Å². The van der Waals surface area contributed by atoms with E-state index in [4.69, 9.17) is 11.6 Å². The zero-order valence-corrected chi connectivity index (χ0v) is 11.0. The first kappa shape index (κ1) is 10.7. The number of nitrogens with zero attached hydrogens (tertiary/aromatic N) is 2. The molecule has 2 heterocycles. The van der Waals surface area contributed by atoms with Gasteiger partial charge < -0.3 is 4.98 Å². The van der Waals surface area contributed by atoms with Gasteiger partial charge in [0.05, 0.1) is 11.9 Å². The summed E-state index contributed by atoms with van der Waals surface area (Å²) in [6.07, 6.45) is 1.63. The Kier molecular flexibility index (Phi) is 2.61. The third-order valence-corrected chi connectivity index (χ3v) is 3.13. The molecule has 0 amide bonds. The molecule has 3 rings (SSSR count). The van der Waals surface area contributed by atoms with Gasteiger partial charge in [-0.1, -0.05) is 29.8 Å². The summed E-state index contributed by atoms with van der Waals surface area (Å²) in [5.74, 6) is 0. The smallest absolute Gasteiger partial charge is 0.158 e. The third-order valence-electron chi connectivity index (χ3n) is 2.49. The SMILES string of the molecule is Clc1nc(Br)cnc1-c1cc2ccccc2[nH]1. The maximum Gasteiger partial charge on any atom is 0.158 e. The van der Waals surface area contributed by atoms with Crippen LogP contribution in [0.5, 0.6) is 0 Å². The second kappa shape index (κ2) is 4.13. The monoisotopic (exact) mass is 307 g/mol. The standard InChI is InChI=1S/C12H7BrClN3/c13-10-6-15-11(12(14)17-10)9-5-7-3-1-2-4-8(7)16-9/h1-6,16H. The molecule has 0 saturated heterocycles. The van der Waals surface area contributed by atoms with Crippen molar-refractivity contribution >= 4 is 38.4 Å². The van der Waals surface area contributed by atoms with Crippen LogP contribution in [-0.4, -0.2) is 15.0 Å². The maximum absolute atomic E-state index is 6.07. The van der Waals surface area contributed by atoms with Crippen LogP contribution in [0.1, 0.15) is 0 Å². The number of halogens is 2. The second-order valence-corrected chi connectivity index (χ2v) is 4.77. The van der Waals surface area contributed by atoms with Crippen LogP contribution in [-0.2, 0) is 0 Å². The molecular weight excluding hydrogens is 302 g/mol. The lowest BCUT2D eigenvalue weighted by molar-refractivity contribution is 1.16. The van der Waals surface area contributed by atoms with E-state index in [-0.39, 0.29) is 0 Å². The molecule has 0 aliphatic heterocycles. The van der Waals surface area contributed by atoms with Crippen LogP contribution in [0.15, 0.2) is 41.1 Å². The van der Waals surface area contributed by atoms with E-state index in [1.807, 2.05) is 30.3 Å². The fraction of sp³-hybridized carbons (Fsp3) is 0. The molecule has 0 aliphatic rings. The Morgan fingerprint density at radius 2 is 2.06 bits per heavy atom. The predicted octanol–water partition coefficient (Wildman–Crippen LogP) is 4.04. The van der Waals surface area contributed by atoms with Gasteiger partial charge >= 0.3 is 0 Å². The summed E-state index contributed by atoms with van der Waals surface area (Å²) >= 11 is 9.30. The molecule has 0 aliphatic carbocycles. The average Bonchev–Trinajstić information content (AvgIpc) is 2.72. The Bertz CT molecular complexity index is 660. The van der Waals surface area contributed by atoms with Crippen LogP contribution in [0.3, 0.4) is 0 Å². The molecule has 0 atom stereocenters. The van der Waals surface area contributed by atoms with Crippen molar-refractivity contribution in [2.75, 3.05) is 0 Å². The number of benzene rings is 1. The largest absolute Gasteiger partial charge is 0.353 e. The highest BCUT2D eigenvalue weighted by molar-refractivity contribution is 9.10. The lowest BCUT2D eigenvalue weighted by Gasteiger charge is -1.99. The molecular formula is C12H7BrClN3. The van der Waals surface area contributed by atoms with Crippen molar-refractivity contribution in [3.63, 3.8) is 0 Å². The van der Waals surface area contributed by atoms with Crippen LogP contribution < -0.4 is 0 Å². The minimum atomic E-state index is 0.380. The van der Waals surface area contributed by atoms with Gasteiger partial charge in [-0.2, -0.15) is 0 Å². The molecule has 0 spiro atoms. The van der Waals surface area contributed by atoms with Gasteiger partial charge in [-0.05, 0) is 28.1 Å². The summed E-state index contributed by atoms with van der Waals surface area (Å²) in [7, 11) is 0. The first-order chi connectivity index (χ1) is 8.24. The van der Waals surface area contributed by atoms with Crippen LogP contribution in [0, 0.1) is 0 Å². The number of nitrogens with one attached hydrogen (secondary N) is 1. The number of aromatic amines is 1. The van der Waals surface area contributed by atoms with Crippen molar-refractivity contribution < 1.29 is 0 Å². The van der Waals surface area contributed by atoms with Gasteiger partial charge in [0.2, 0.25) is 0 Å². The van der Waals surface area contributed by atoms with E-state index in [1.165, 1.54) is 0 Å². The predicted molar refractivity (Wildman–Crippen MR) is 72.0 cm³/mol. The lowest BCUT2D eigenvalue weighted by Crippen LogP contribution is -1.88. The van der Waals surface area contributed by atoms with Crippen molar-refractivity contribution in [2.45, 2.75) is 0 Å². The van der Waals surface area contributed by atoms with Crippen LogP contribution in [0.2, 0.25) is 5.15 Å². The fourth-order valence-corrected chi connectivity index (χ4v) is 2.35. The molecule has 84 valence electrons. The molecule has 1 N–H and O–H groups in total. The van der Waals surface area contributed by atoms with Gasteiger partial charge in [-0.15, -0.1) is 0 Å². The number of para-hydroxylation sites is 1. The van der Waals surface area contributed by atoms with Crippen molar-refractivity contribution in [1.29, 1.82) is 0 Å². The van der Waals surface area contributed by atoms with Crippen molar-refractivity contribution in [1.82, 2.24) is 15.0 Å². The van der Waals surface area contributed by atoms with Gasteiger partial charge in [-0.25, -0.2) is 9.97 Å². The van der Waals surface area contributed by atoms with Gasteiger partial charge in [0, 0.05) is 10.9 Å². The van der Waals surface area contributed by atoms with Gasteiger partial charge in [0.1, 0.15) is 10.3 Å². The molecule has 2 aromatic heterocycles. The highest BCUT2D eigenvalue weighted by Gasteiger charge is 2.09. The van der Waals surface area contributed by atoms with E-state index in [2.05, 4.69) is 30.9 Å². The highest BCUT2D eigenvalue weighted by Crippen LogP contribution is 2.27.